The van der Waals surface area contributed by atoms with Gasteiger partial charge in [-0.25, -0.2) is 0 Å². The third kappa shape index (κ3) is 6.44. The Hall–Kier alpha value is -2.22. The molecular weight excluding hydrogens is 376 g/mol. The van der Waals surface area contributed by atoms with Crippen molar-refractivity contribution < 1.29 is 17.8 Å². The van der Waals surface area contributed by atoms with Crippen LogP contribution in [0.25, 0.3) is 0 Å². The first-order valence-corrected chi connectivity index (χ1v) is 10.7. The zero-order chi connectivity index (χ0) is 20.7. The number of likely N-dealkylation sites (N-methyl/N-ethyl adjacent to an activating group) is 1. The molecule has 0 saturated carbocycles. The first kappa shape index (κ1) is 22.1. The molecule has 0 unspecified atom stereocenters. The molecule has 28 heavy (non-hydrogen) atoms. The van der Waals surface area contributed by atoms with Crippen LogP contribution in [0.5, 0.6) is 0 Å². The molecule has 1 aliphatic rings. The summed E-state index contributed by atoms with van der Waals surface area (Å²) in [6.45, 7) is 4.90. The predicted octanol–water partition coefficient (Wildman–Crippen LogP) is 3.20. The number of amides is 1. The van der Waals surface area contributed by atoms with Crippen LogP contribution < -0.4 is 5.32 Å². The van der Waals surface area contributed by atoms with Crippen LogP contribution in [0.4, 0.5) is 0 Å². The van der Waals surface area contributed by atoms with Crippen molar-refractivity contribution in [3.8, 4) is 0 Å². The Labute approximate surface area is 167 Å². The molecule has 1 heterocycles. The standard InChI is InChI=1S/C14H20N2O.C7H8O3S/c1-11(12-7-4-3-5-8-12)15-14(17)13-9-6-10-16(13)2;1-6-2-4-7(5-3-6)11(8,9)10/h3-5,7-8,11,13H,6,9-10H2,1-2H3,(H,15,17);2-5H,1H3,(H,8,9,10)/t11-,13-;/m0./s1. The first-order valence-electron chi connectivity index (χ1n) is 9.28. The molecule has 7 heteroatoms. The number of rotatable bonds is 4. The molecule has 1 amide bonds. The van der Waals surface area contributed by atoms with Gasteiger partial charge in [0, 0.05) is 0 Å². The molecule has 1 saturated heterocycles. The van der Waals surface area contributed by atoms with Crippen LogP contribution in [0.1, 0.15) is 36.9 Å². The van der Waals surface area contributed by atoms with Crippen molar-refractivity contribution in [2.75, 3.05) is 13.6 Å². The van der Waals surface area contributed by atoms with E-state index in [1.165, 1.54) is 12.1 Å². The van der Waals surface area contributed by atoms with Gasteiger partial charge in [0.2, 0.25) is 5.91 Å². The van der Waals surface area contributed by atoms with Crippen LogP contribution in [0.15, 0.2) is 59.5 Å². The van der Waals surface area contributed by atoms with Gasteiger partial charge in [-0.2, -0.15) is 8.42 Å². The molecule has 0 bridgehead atoms. The molecule has 0 aliphatic carbocycles. The number of benzene rings is 2. The second-order valence-electron chi connectivity index (χ2n) is 7.07. The molecule has 152 valence electrons. The van der Waals surface area contributed by atoms with Crippen molar-refractivity contribution in [3.05, 3.63) is 65.7 Å². The molecular formula is C21H28N2O4S. The van der Waals surface area contributed by atoms with E-state index in [2.05, 4.69) is 10.2 Å². The van der Waals surface area contributed by atoms with E-state index in [0.717, 1.165) is 30.5 Å². The van der Waals surface area contributed by atoms with Crippen molar-refractivity contribution in [2.24, 2.45) is 0 Å². The van der Waals surface area contributed by atoms with E-state index in [4.69, 9.17) is 4.55 Å². The molecule has 0 radical (unpaired) electrons. The molecule has 6 nitrogen and oxygen atoms in total. The van der Waals surface area contributed by atoms with Crippen molar-refractivity contribution in [2.45, 2.75) is 43.7 Å². The summed E-state index contributed by atoms with van der Waals surface area (Å²) in [6, 6.07) is 16.2. The van der Waals surface area contributed by atoms with Crippen molar-refractivity contribution in [1.29, 1.82) is 0 Å². The average molecular weight is 405 g/mol. The minimum Gasteiger partial charge on any atom is -0.348 e. The SMILES string of the molecule is C[C@H](NC(=O)[C@@H]1CCCN1C)c1ccccc1.Cc1ccc(S(=O)(=O)O)cc1. The maximum Gasteiger partial charge on any atom is 0.294 e. The van der Waals surface area contributed by atoms with E-state index in [1.54, 1.807) is 12.1 Å². The highest BCUT2D eigenvalue weighted by molar-refractivity contribution is 7.85. The lowest BCUT2D eigenvalue weighted by molar-refractivity contribution is -0.125. The Kier molecular flexibility index (Phi) is 7.74. The van der Waals surface area contributed by atoms with Gasteiger partial charge >= 0.3 is 0 Å². The Balaban J connectivity index is 0.000000221. The van der Waals surface area contributed by atoms with E-state index in [-0.39, 0.29) is 22.9 Å². The Morgan fingerprint density at radius 2 is 1.75 bits per heavy atom. The first-order chi connectivity index (χ1) is 13.2. The molecule has 2 N–H and O–H groups in total. The van der Waals surface area contributed by atoms with Crippen LogP contribution in [0, 0.1) is 6.92 Å². The molecule has 1 aliphatic heterocycles. The fourth-order valence-electron chi connectivity index (χ4n) is 3.09. The van der Waals surface area contributed by atoms with Gasteiger partial charge in [-0.3, -0.25) is 14.2 Å². The third-order valence-electron chi connectivity index (χ3n) is 4.80. The average Bonchev–Trinajstić information content (AvgIpc) is 3.08. The third-order valence-corrected chi connectivity index (χ3v) is 5.67. The number of nitrogens with one attached hydrogen (secondary N) is 1. The highest BCUT2D eigenvalue weighted by Gasteiger charge is 2.28. The van der Waals surface area contributed by atoms with Crippen LogP contribution in [0.3, 0.4) is 0 Å². The summed E-state index contributed by atoms with van der Waals surface area (Å²) >= 11 is 0. The van der Waals surface area contributed by atoms with Gasteiger partial charge in [-0.05, 0) is 58.0 Å². The zero-order valence-electron chi connectivity index (χ0n) is 16.5. The zero-order valence-corrected chi connectivity index (χ0v) is 17.3. The van der Waals surface area contributed by atoms with Crippen LogP contribution in [-0.2, 0) is 14.9 Å². The monoisotopic (exact) mass is 404 g/mol. The molecule has 2 aromatic rings. The molecule has 1 fully saturated rings. The molecule has 3 rings (SSSR count). The lowest BCUT2D eigenvalue weighted by Crippen LogP contribution is -2.42. The summed E-state index contributed by atoms with van der Waals surface area (Å²) in [5, 5.41) is 3.09. The van der Waals surface area contributed by atoms with Gasteiger partial charge < -0.3 is 5.32 Å². The largest absolute Gasteiger partial charge is 0.348 e. The minimum absolute atomic E-state index is 0.0566. The fourth-order valence-corrected chi connectivity index (χ4v) is 3.57. The Morgan fingerprint density at radius 1 is 1.14 bits per heavy atom. The number of hydrogen-bond donors (Lipinski definition) is 2. The van der Waals surface area contributed by atoms with Crippen LogP contribution in [0.2, 0.25) is 0 Å². The van der Waals surface area contributed by atoms with Crippen LogP contribution >= 0.6 is 0 Å². The van der Waals surface area contributed by atoms with Gasteiger partial charge in [0.25, 0.3) is 10.1 Å². The second kappa shape index (κ2) is 9.82. The summed E-state index contributed by atoms with van der Waals surface area (Å²) in [5.41, 5.74) is 2.11. The highest BCUT2D eigenvalue weighted by Crippen LogP contribution is 2.17. The molecule has 0 spiro atoms. The number of nitrogens with zero attached hydrogens (tertiary/aromatic N) is 1. The van der Waals surface area contributed by atoms with Gasteiger partial charge in [0.15, 0.2) is 0 Å². The summed E-state index contributed by atoms with van der Waals surface area (Å²) in [4.78, 5) is 14.2. The summed E-state index contributed by atoms with van der Waals surface area (Å²) in [6.07, 6.45) is 2.10. The summed E-state index contributed by atoms with van der Waals surface area (Å²) in [5.74, 6) is 0.154. The maximum absolute atomic E-state index is 12.1. The number of likely N-dealkylation sites (tertiary alicyclic amines) is 1. The maximum atomic E-state index is 12.1. The summed E-state index contributed by atoms with van der Waals surface area (Å²) < 4.78 is 29.6. The lowest BCUT2D eigenvalue weighted by atomic mass is 10.1. The smallest absolute Gasteiger partial charge is 0.294 e. The van der Waals surface area contributed by atoms with Gasteiger partial charge in [0.05, 0.1) is 17.0 Å². The molecule has 2 aromatic carbocycles. The Morgan fingerprint density at radius 3 is 2.25 bits per heavy atom. The quantitative estimate of drug-likeness (QED) is 0.764. The number of hydrogen-bond acceptors (Lipinski definition) is 4. The van der Waals surface area contributed by atoms with E-state index in [1.807, 2.05) is 51.2 Å². The van der Waals surface area contributed by atoms with E-state index >= 15 is 0 Å². The number of carbonyl (C=O) groups excluding carboxylic acids is 1. The van der Waals surface area contributed by atoms with Crippen LogP contribution in [-0.4, -0.2) is 43.4 Å². The normalized spacial score (nSPS) is 18.1. The lowest BCUT2D eigenvalue weighted by Gasteiger charge is -2.22. The van der Waals surface area contributed by atoms with E-state index in [9.17, 15) is 13.2 Å². The highest BCUT2D eigenvalue weighted by atomic mass is 32.2. The Bertz CT molecular complexity index is 867. The topological polar surface area (TPSA) is 86.7 Å². The van der Waals surface area contributed by atoms with Gasteiger partial charge in [-0.15, -0.1) is 0 Å². The van der Waals surface area contributed by atoms with Crippen molar-refractivity contribution in [3.63, 3.8) is 0 Å². The summed E-state index contributed by atoms with van der Waals surface area (Å²) in [7, 11) is -2.00. The van der Waals surface area contributed by atoms with Gasteiger partial charge in [0.1, 0.15) is 0 Å². The number of aryl methyl sites for hydroxylation is 1. The fraction of sp³-hybridized carbons (Fsp3) is 0.381. The van der Waals surface area contributed by atoms with Gasteiger partial charge in [-0.1, -0.05) is 48.0 Å². The predicted molar refractivity (Wildman–Crippen MR) is 110 cm³/mol. The second-order valence-corrected chi connectivity index (χ2v) is 8.49. The number of carbonyl (C=O) groups is 1. The molecule has 2 atom stereocenters. The van der Waals surface area contributed by atoms with Crippen molar-refractivity contribution in [1.82, 2.24) is 10.2 Å². The van der Waals surface area contributed by atoms with E-state index in [0.29, 0.717) is 0 Å². The van der Waals surface area contributed by atoms with Crippen molar-refractivity contribution >= 4 is 16.0 Å². The van der Waals surface area contributed by atoms with E-state index < -0.39 is 10.1 Å². The minimum atomic E-state index is -4.02. The molecule has 0 aromatic heterocycles.